The highest BCUT2D eigenvalue weighted by Crippen LogP contribution is 2.15. The first kappa shape index (κ1) is 19.2. The summed E-state index contributed by atoms with van der Waals surface area (Å²) >= 11 is 0. The van der Waals surface area contributed by atoms with Crippen LogP contribution in [0.2, 0.25) is 0 Å². The molecule has 1 aromatic carbocycles. The Morgan fingerprint density at radius 2 is 1.90 bits per heavy atom. The molecule has 3 N–H and O–H groups in total. The molecule has 0 fully saturated rings. The van der Waals surface area contributed by atoms with E-state index in [0.717, 1.165) is 18.4 Å². The molecule has 116 valence electrons. The van der Waals surface area contributed by atoms with Gasteiger partial charge in [-0.3, -0.25) is 4.79 Å². The van der Waals surface area contributed by atoms with Crippen LogP contribution in [0.5, 0.6) is 0 Å². The van der Waals surface area contributed by atoms with E-state index < -0.39 is 6.10 Å². The zero-order valence-electron chi connectivity index (χ0n) is 13.3. The molecule has 0 saturated heterocycles. The second-order valence-corrected chi connectivity index (χ2v) is 4.56. The van der Waals surface area contributed by atoms with Crippen molar-refractivity contribution in [1.82, 2.24) is 10.6 Å². The summed E-state index contributed by atoms with van der Waals surface area (Å²) in [7, 11) is 3.42. The molecule has 1 amide bonds. The smallest absolute Gasteiger partial charge is 0.295 e. The third-order valence-electron chi connectivity index (χ3n) is 2.87. The maximum atomic E-state index is 10.4. The van der Waals surface area contributed by atoms with E-state index in [4.69, 9.17) is 0 Å². The average Bonchev–Trinajstić information content (AvgIpc) is 2.54. The largest absolute Gasteiger partial charge is 0.387 e. The Balaban J connectivity index is 0.000000400. The molecule has 4 nitrogen and oxygen atoms in total. The maximum absolute atomic E-state index is 10.4. The van der Waals surface area contributed by atoms with Gasteiger partial charge in [0.25, 0.3) is 5.91 Å². The van der Waals surface area contributed by atoms with Crippen molar-refractivity contribution >= 4 is 5.91 Å². The fourth-order valence-electron chi connectivity index (χ4n) is 1.43. The molecule has 1 aromatic rings. The van der Waals surface area contributed by atoms with Crippen molar-refractivity contribution in [3.63, 3.8) is 0 Å². The van der Waals surface area contributed by atoms with Gasteiger partial charge in [0.1, 0.15) is 0 Å². The van der Waals surface area contributed by atoms with Gasteiger partial charge in [-0.1, -0.05) is 43.2 Å². The average molecular weight is 290 g/mol. The summed E-state index contributed by atoms with van der Waals surface area (Å²) in [6, 6.07) is 9.76. The van der Waals surface area contributed by atoms with Crippen molar-refractivity contribution in [2.24, 2.45) is 0 Å². The highest BCUT2D eigenvalue weighted by molar-refractivity contribution is 5.93. The SMILES string of the molecule is CCCC#CC(=O)NC.CNC(C)C(O)c1ccccc1. The second-order valence-electron chi connectivity index (χ2n) is 4.56. The standard InChI is InChI=1S/C10H15NO.C7H11NO/c1-8(11-2)10(12)9-6-4-3-5-7-9;1-3-4-5-6-7(9)8-2/h3-8,10-12H,1-2H3;3-4H2,1-2H3,(H,8,9). The van der Waals surface area contributed by atoms with E-state index in [2.05, 4.69) is 22.5 Å². The van der Waals surface area contributed by atoms with Crippen molar-refractivity contribution < 1.29 is 9.90 Å². The normalized spacial score (nSPS) is 12.0. The van der Waals surface area contributed by atoms with E-state index in [1.54, 1.807) is 7.05 Å². The van der Waals surface area contributed by atoms with Crippen molar-refractivity contribution in [2.75, 3.05) is 14.1 Å². The number of carbonyl (C=O) groups is 1. The predicted molar refractivity (Wildman–Crippen MR) is 86.7 cm³/mol. The summed E-state index contributed by atoms with van der Waals surface area (Å²) in [6.07, 6.45) is 1.38. The predicted octanol–water partition coefficient (Wildman–Crippen LogP) is 1.86. The van der Waals surface area contributed by atoms with Crippen LogP contribution in [0.3, 0.4) is 0 Å². The number of hydrogen-bond donors (Lipinski definition) is 3. The summed E-state index contributed by atoms with van der Waals surface area (Å²) in [6.45, 7) is 3.98. The van der Waals surface area contributed by atoms with Gasteiger partial charge in [-0.25, -0.2) is 0 Å². The van der Waals surface area contributed by atoms with Gasteiger partial charge in [0.15, 0.2) is 0 Å². The van der Waals surface area contributed by atoms with Crippen LogP contribution in [0.15, 0.2) is 30.3 Å². The van der Waals surface area contributed by atoms with Gasteiger partial charge in [-0.15, -0.1) is 0 Å². The molecule has 0 radical (unpaired) electrons. The van der Waals surface area contributed by atoms with Crippen LogP contribution in [0.1, 0.15) is 38.4 Å². The lowest BCUT2D eigenvalue weighted by Crippen LogP contribution is -2.28. The Hall–Kier alpha value is -1.83. The highest BCUT2D eigenvalue weighted by atomic mass is 16.3. The summed E-state index contributed by atoms with van der Waals surface area (Å²) < 4.78 is 0. The lowest BCUT2D eigenvalue weighted by molar-refractivity contribution is -0.115. The summed E-state index contributed by atoms with van der Waals surface area (Å²) in [5.74, 6) is 4.95. The van der Waals surface area contributed by atoms with Gasteiger partial charge < -0.3 is 15.7 Å². The Labute approximate surface area is 128 Å². The number of rotatable bonds is 4. The molecule has 4 heteroatoms. The monoisotopic (exact) mass is 290 g/mol. The van der Waals surface area contributed by atoms with Crippen molar-refractivity contribution in [3.05, 3.63) is 35.9 Å². The molecule has 21 heavy (non-hydrogen) atoms. The van der Waals surface area contributed by atoms with Gasteiger partial charge in [-0.05, 0) is 31.9 Å². The van der Waals surface area contributed by atoms with Crippen LogP contribution in [0, 0.1) is 11.8 Å². The lowest BCUT2D eigenvalue weighted by atomic mass is 10.0. The number of amides is 1. The molecule has 0 aliphatic carbocycles. The van der Waals surface area contributed by atoms with Crippen LogP contribution in [-0.2, 0) is 4.79 Å². The van der Waals surface area contributed by atoms with Gasteiger partial charge >= 0.3 is 0 Å². The number of benzene rings is 1. The molecule has 0 aliphatic rings. The fourth-order valence-corrected chi connectivity index (χ4v) is 1.43. The number of likely N-dealkylation sites (N-methyl/N-ethyl adjacent to an activating group) is 1. The Morgan fingerprint density at radius 3 is 2.38 bits per heavy atom. The summed E-state index contributed by atoms with van der Waals surface area (Å²) in [5, 5.41) is 15.2. The van der Waals surface area contributed by atoms with Crippen LogP contribution in [-0.4, -0.2) is 31.2 Å². The number of carbonyl (C=O) groups excluding carboxylic acids is 1. The van der Waals surface area contributed by atoms with E-state index in [1.807, 2.05) is 51.2 Å². The number of unbranched alkanes of at least 4 members (excludes halogenated alkanes) is 1. The molecule has 2 unspecified atom stereocenters. The molecule has 0 bridgehead atoms. The topological polar surface area (TPSA) is 61.4 Å². The van der Waals surface area contributed by atoms with Crippen molar-refractivity contribution in [1.29, 1.82) is 0 Å². The molecule has 0 aromatic heterocycles. The van der Waals surface area contributed by atoms with E-state index in [-0.39, 0.29) is 11.9 Å². The third-order valence-corrected chi connectivity index (χ3v) is 2.87. The van der Waals surface area contributed by atoms with E-state index in [0.29, 0.717) is 0 Å². The summed E-state index contributed by atoms with van der Waals surface area (Å²) in [5.41, 5.74) is 0.958. The zero-order valence-corrected chi connectivity index (χ0v) is 13.3. The summed E-state index contributed by atoms with van der Waals surface area (Å²) in [4.78, 5) is 10.4. The molecular weight excluding hydrogens is 264 g/mol. The maximum Gasteiger partial charge on any atom is 0.295 e. The van der Waals surface area contributed by atoms with Gasteiger partial charge in [0.2, 0.25) is 0 Å². The van der Waals surface area contributed by atoms with Gasteiger partial charge in [-0.2, -0.15) is 0 Å². The minimum absolute atomic E-state index is 0.0902. The number of aliphatic hydroxyl groups excluding tert-OH is 1. The number of nitrogens with one attached hydrogen (secondary N) is 2. The lowest BCUT2D eigenvalue weighted by Gasteiger charge is -2.17. The van der Waals surface area contributed by atoms with Crippen LogP contribution in [0.4, 0.5) is 0 Å². The molecule has 2 atom stereocenters. The van der Waals surface area contributed by atoms with Gasteiger partial charge in [0.05, 0.1) is 6.10 Å². The van der Waals surface area contributed by atoms with Crippen molar-refractivity contribution in [3.8, 4) is 11.8 Å². The van der Waals surface area contributed by atoms with E-state index >= 15 is 0 Å². The van der Waals surface area contributed by atoms with Crippen LogP contribution < -0.4 is 10.6 Å². The Kier molecular flexibility index (Phi) is 10.9. The second kappa shape index (κ2) is 12.0. The zero-order chi connectivity index (χ0) is 16.1. The molecule has 0 aliphatic heterocycles. The fraction of sp³-hybridized carbons (Fsp3) is 0.471. The third kappa shape index (κ3) is 8.85. The van der Waals surface area contributed by atoms with E-state index in [9.17, 15) is 9.90 Å². The first-order chi connectivity index (χ1) is 10.1. The number of aliphatic hydroxyl groups is 1. The van der Waals surface area contributed by atoms with Crippen LogP contribution >= 0.6 is 0 Å². The molecule has 1 rings (SSSR count). The Morgan fingerprint density at radius 1 is 1.29 bits per heavy atom. The quantitative estimate of drug-likeness (QED) is 0.742. The minimum Gasteiger partial charge on any atom is -0.387 e. The van der Waals surface area contributed by atoms with Crippen LogP contribution in [0.25, 0.3) is 0 Å². The highest BCUT2D eigenvalue weighted by Gasteiger charge is 2.12. The first-order valence-corrected chi connectivity index (χ1v) is 7.17. The molecule has 0 heterocycles. The first-order valence-electron chi connectivity index (χ1n) is 7.17. The van der Waals surface area contributed by atoms with Gasteiger partial charge in [0, 0.05) is 19.5 Å². The minimum atomic E-state index is -0.420. The molecule has 0 spiro atoms. The van der Waals surface area contributed by atoms with E-state index in [1.165, 1.54) is 0 Å². The molecule has 0 saturated carbocycles. The Bertz CT molecular complexity index is 449. The number of hydrogen-bond acceptors (Lipinski definition) is 3. The molecular formula is C17H26N2O2. The van der Waals surface area contributed by atoms with Crippen molar-refractivity contribution in [2.45, 2.75) is 38.8 Å².